The molecule has 3 heterocycles. The van der Waals surface area contributed by atoms with Crippen LogP contribution in [-0.4, -0.2) is 22.6 Å². The van der Waals surface area contributed by atoms with Crippen molar-refractivity contribution in [2.24, 2.45) is 5.41 Å². The number of rotatable bonds is 7. The minimum Gasteiger partial charge on any atom is -0.333 e. The summed E-state index contributed by atoms with van der Waals surface area (Å²) in [7, 11) is -1.37. The number of benzene rings is 5. The van der Waals surface area contributed by atoms with E-state index in [0.29, 0.717) is 11.8 Å². The predicted octanol–water partition coefficient (Wildman–Crippen LogP) is 13.8. The third-order valence-corrected chi connectivity index (χ3v) is 13.4. The smallest absolute Gasteiger partial charge is 0.0798 e. The Morgan fingerprint density at radius 2 is 1.41 bits per heavy atom. The Kier molecular flexibility index (Phi) is 12.4. The van der Waals surface area contributed by atoms with Crippen LogP contribution in [0, 0.1) is 17.5 Å². The number of hydrogen-bond acceptors (Lipinski definition) is 3. The van der Waals surface area contributed by atoms with Gasteiger partial charge in [-0.1, -0.05) is 134 Å². The molecular formula is C50H53IrN3SSi-2. The molecule has 0 saturated carbocycles. The molecule has 0 unspecified atom stereocenters. The fraction of sp³-hybridized carbons (Fsp3) is 0.280. The van der Waals surface area contributed by atoms with Gasteiger partial charge in [-0.25, -0.2) is 0 Å². The summed E-state index contributed by atoms with van der Waals surface area (Å²) in [4.78, 5) is 9.88. The monoisotopic (exact) mass is 948 g/mol. The van der Waals surface area contributed by atoms with Gasteiger partial charge in [0.2, 0.25) is 0 Å². The van der Waals surface area contributed by atoms with Gasteiger partial charge in [0, 0.05) is 36.7 Å². The third-order valence-electron chi connectivity index (χ3n) is 10.2. The van der Waals surface area contributed by atoms with Gasteiger partial charge in [0.05, 0.1) is 24.9 Å². The SMILES string of the molecule is CC(C)(C)Cc1cc(-c2[c-]cccc2)ncc1[Si](C)(C)C.CC(C)c1cccc(C(C)C)c1-n1c(-c2[c-]cc3sc4ccccc4c3c2)nc2ccccc21.[Ir]. The Morgan fingerprint density at radius 3 is 2.07 bits per heavy atom. The van der Waals surface area contributed by atoms with Gasteiger partial charge >= 0.3 is 0 Å². The zero-order valence-electron chi connectivity index (χ0n) is 34.4. The summed E-state index contributed by atoms with van der Waals surface area (Å²) in [6.45, 7) is 23.2. The van der Waals surface area contributed by atoms with E-state index < -0.39 is 8.07 Å². The van der Waals surface area contributed by atoms with Crippen LogP contribution in [0.3, 0.4) is 0 Å². The van der Waals surface area contributed by atoms with Crippen LogP contribution < -0.4 is 5.19 Å². The number of imidazole rings is 1. The van der Waals surface area contributed by atoms with Crippen LogP contribution in [0.25, 0.3) is 59.5 Å². The minimum atomic E-state index is -1.37. The van der Waals surface area contributed by atoms with E-state index in [2.05, 4.69) is 182 Å². The van der Waals surface area contributed by atoms with Gasteiger partial charge in [0.15, 0.2) is 0 Å². The zero-order valence-corrected chi connectivity index (χ0v) is 38.6. The van der Waals surface area contributed by atoms with Crippen molar-refractivity contribution in [1.29, 1.82) is 0 Å². The van der Waals surface area contributed by atoms with Gasteiger partial charge in [-0.05, 0) is 74.0 Å². The number of thiophene rings is 1. The Balaban J connectivity index is 0.000000209. The number of hydrogen-bond donors (Lipinski definition) is 0. The number of para-hydroxylation sites is 3. The molecule has 0 amide bonds. The standard InChI is InChI=1S/C31H27N2S.C19H26NSi.Ir/c1-19(2)22-11-9-12-23(20(3)4)30(22)33-27-14-7-6-13-26(27)32-31(33)21-16-17-29-25(18-21)24-10-5-8-15-28(24)34-29;1-19(2,3)13-16-12-17(15-10-8-7-9-11-15)20-14-18(16)21(4,5)6;/h5-15,17-20H,1-4H3;7-10,12,14H,13H2,1-6H3;/q2*-1;. The molecule has 0 spiro atoms. The molecule has 0 aliphatic carbocycles. The van der Waals surface area contributed by atoms with Crippen LogP contribution >= 0.6 is 11.3 Å². The van der Waals surface area contributed by atoms with Crippen molar-refractivity contribution in [3.8, 4) is 28.3 Å². The quantitative estimate of drug-likeness (QED) is 0.118. The summed E-state index contributed by atoms with van der Waals surface area (Å²) in [6.07, 6.45) is 3.21. The van der Waals surface area contributed by atoms with Gasteiger partial charge < -0.3 is 9.55 Å². The van der Waals surface area contributed by atoms with E-state index in [1.54, 1.807) is 0 Å². The first-order chi connectivity index (χ1) is 26.2. The molecule has 8 rings (SSSR count). The maximum atomic E-state index is 5.17. The molecular weight excluding hydrogens is 895 g/mol. The first kappa shape index (κ1) is 41.4. The average Bonchev–Trinajstić information content (AvgIpc) is 3.72. The molecule has 0 fully saturated rings. The molecule has 0 aliphatic heterocycles. The molecule has 6 heteroatoms. The third kappa shape index (κ3) is 8.70. The van der Waals surface area contributed by atoms with Crippen LogP contribution in [0.4, 0.5) is 0 Å². The minimum absolute atomic E-state index is 0. The van der Waals surface area contributed by atoms with Crippen LogP contribution in [0.15, 0.2) is 115 Å². The van der Waals surface area contributed by atoms with E-state index in [9.17, 15) is 0 Å². The summed E-state index contributed by atoms with van der Waals surface area (Å²) in [5.74, 6) is 1.75. The van der Waals surface area contributed by atoms with Gasteiger partial charge in [-0.15, -0.1) is 59.7 Å². The van der Waals surface area contributed by atoms with Crippen molar-refractivity contribution in [3.05, 3.63) is 144 Å². The van der Waals surface area contributed by atoms with E-state index in [1.165, 1.54) is 47.7 Å². The fourth-order valence-electron chi connectivity index (χ4n) is 7.59. The number of pyridine rings is 1. The molecule has 0 N–H and O–H groups in total. The molecule has 3 aromatic heterocycles. The van der Waals surface area contributed by atoms with E-state index in [-0.39, 0.29) is 25.5 Å². The van der Waals surface area contributed by atoms with Gasteiger partial charge in [-0.2, -0.15) is 11.3 Å². The molecule has 56 heavy (non-hydrogen) atoms. The number of fused-ring (bicyclic) bond motifs is 4. The largest absolute Gasteiger partial charge is 0.333 e. The fourth-order valence-corrected chi connectivity index (χ4v) is 10.2. The molecule has 0 bridgehead atoms. The van der Waals surface area contributed by atoms with Crippen molar-refractivity contribution < 1.29 is 20.1 Å². The van der Waals surface area contributed by atoms with Crippen LogP contribution in [0.5, 0.6) is 0 Å². The average molecular weight is 948 g/mol. The first-order valence-electron chi connectivity index (χ1n) is 19.6. The van der Waals surface area contributed by atoms with Gasteiger partial charge in [-0.3, -0.25) is 4.98 Å². The van der Waals surface area contributed by atoms with Crippen molar-refractivity contribution in [2.45, 2.75) is 86.4 Å². The maximum Gasteiger partial charge on any atom is 0.0798 e. The summed E-state index contributed by atoms with van der Waals surface area (Å²) < 4.78 is 4.95. The van der Waals surface area contributed by atoms with Crippen LogP contribution in [-0.2, 0) is 26.5 Å². The zero-order chi connectivity index (χ0) is 39.1. The molecule has 0 aliphatic rings. The number of nitrogens with zero attached hydrogens (tertiary/aromatic N) is 3. The van der Waals surface area contributed by atoms with Crippen molar-refractivity contribution in [3.63, 3.8) is 0 Å². The summed E-state index contributed by atoms with van der Waals surface area (Å²) in [5.41, 5.74) is 11.0. The summed E-state index contributed by atoms with van der Waals surface area (Å²) >= 11 is 1.83. The first-order valence-corrected chi connectivity index (χ1v) is 23.9. The van der Waals surface area contributed by atoms with E-state index in [0.717, 1.165) is 40.1 Å². The van der Waals surface area contributed by atoms with Crippen molar-refractivity contribution in [2.75, 3.05) is 0 Å². The van der Waals surface area contributed by atoms with Crippen LogP contribution in [0.2, 0.25) is 19.6 Å². The molecule has 1 radical (unpaired) electrons. The second-order valence-electron chi connectivity index (χ2n) is 17.6. The molecule has 3 nitrogen and oxygen atoms in total. The van der Waals surface area contributed by atoms with E-state index in [4.69, 9.17) is 9.97 Å². The Hall–Kier alpha value is -4.19. The molecule has 8 aromatic rings. The predicted molar refractivity (Wildman–Crippen MR) is 241 cm³/mol. The second kappa shape index (κ2) is 16.7. The van der Waals surface area contributed by atoms with Crippen molar-refractivity contribution >= 4 is 55.8 Å². The normalized spacial score (nSPS) is 12.0. The van der Waals surface area contributed by atoms with E-state index >= 15 is 0 Å². The maximum absolute atomic E-state index is 5.17. The molecule has 289 valence electrons. The topological polar surface area (TPSA) is 30.7 Å². The van der Waals surface area contributed by atoms with Gasteiger partial charge in [0.25, 0.3) is 0 Å². The Labute approximate surface area is 352 Å². The second-order valence-corrected chi connectivity index (χ2v) is 23.7. The number of aromatic nitrogens is 3. The molecule has 0 saturated heterocycles. The van der Waals surface area contributed by atoms with Crippen molar-refractivity contribution in [1.82, 2.24) is 14.5 Å². The summed E-state index contributed by atoms with van der Waals surface area (Å²) in [5, 5.41) is 4.05. The molecule has 5 aromatic carbocycles. The van der Waals surface area contributed by atoms with Crippen LogP contribution in [0.1, 0.15) is 77.0 Å². The Morgan fingerprint density at radius 1 is 0.732 bits per heavy atom. The molecule has 0 atom stereocenters. The van der Waals surface area contributed by atoms with Gasteiger partial charge in [0.1, 0.15) is 0 Å². The summed E-state index contributed by atoms with van der Waals surface area (Å²) in [6, 6.07) is 45.5. The Bertz CT molecular complexity index is 2580. The van der Waals surface area contributed by atoms with E-state index in [1.807, 2.05) is 29.5 Å².